The van der Waals surface area contributed by atoms with Gasteiger partial charge in [0, 0.05) is 12.4 Å². The number of hydrogen-bond donors (Lipinski definition) is 0. The molecule has 0 bridgehead atoms. The smallest absolute Gasteiger partial charge is 0.873 e. The Labute approximate surface area is 223 Å². The minimum Gasteiger partial charge on any atom is -0.873 e. The molecule has 0 atom stereocenters. The molecule has 4 aromatic rings. The van der Waals surface area contributed by atoms with Crippen molar-refractivity contribution in [2.75, 3.05) is 0 Å². The van der Waals surface area contributed by atoms with Gasteiger partial charge in [0.15, 0.2) is 0 Å². The summed E-state index contributed by atoms with van der Waals surface area (Å²) in [5.74, 6) is 0.0318. The zero-order chi connectivity index (χ0) is 24.8. The number of nitrogens with zero attached hydrogens (tertiary/aromatic N) is 3. The van der Waals surface area contributed by atoms with Crippen LogP contribution in [0.3, 0.4) is 0 Å². The van der Waals surface area contributed by atoms with Crippen molar-refractivity contribution < 1.29 is 25.5 Å². The number of para-hydroxylation sites is 1. The van der Waals surface area contributed by atoms with E-state index in [4.69, 9.17) is 0 Å². The Morgan fingerprint density at radius 1 is 0.657 bits per heavy atom. The SMILES string of the molecule is CC(C)(C)c1cc([N-]c2ccccc2)c([O-])c(C(C)(C)C)c1.[Pd+2].c1ccc(-c2ccccn2)nc1. The van der Waals surface area contributed by atoms with Crippen molar-refractivity contribution >= 4 is 11.4 Å². The van der Waals surface area contributed by atoms with E-state index in [9.17, 15) is 5.11 Å². The van der Waals surface area contributed by atoms with Crippen LogP contribution in [-0.2, 0) is 31.3 Å². The van der Waals surface area contributed by atoms with Gasteiger partial charge in [0.25, 0.3) is 0 Å². The van der Waals surface area contributed by atoms with Gasteiger partial charge in [-0.05, 0) is 40.7 Å². The van der Waals surface area contributed by atoms with Crippen LogP contribution in [0, 0.1) is 0 Å². The zero-order valence-electron chi connectivity index (χ0n) is 21.2. The molecule has 0 amide bonds. The Bertz CT molecular complexity index is 1150. The molecule has 0 saturated carbocycles. The molecule has 0 radical (unpaired) electrons. The third-order valence-electron chi connectivity index (χ3n) is 5.34. The summed E-state index contributed by atoms with van der Waals surface area (Å²) in [6, 6.07) is 25.2. The van der Waals surface area contributed by atoms with Crippen LogP contribution in [0.2, 0.25) is 0 Å². The molecule has 0 N–H and O–H groups in total. The van der Waals surface area contributed by atoms with Gasteiger partial charge < -0.3 is 10.4 Å². The predicted octanol–water partition coefficient (Wildman–Crippen LogP) is 7.83. The fraction of sp³-hybridized carbons (Fsp3) is 0.267. The van der Waals surface area contributed by atoms with Crippen LogP contribution in [0.1, 0.15) is 52.7 Å². The van der Waals surface area contributed by atoms with Crippen molar-refractivity contribution in [2.24, 2.45) is 0 Å². The fourth-order valence-electron chi connectivity index (χ4n) is 3.36. The Morgan fingerprint density at radius 3 is 1.60 bits per heavy atom. The minimum absolute atomic E-state index is 0. The van der Waals surface area contributed by atoms with Crippen molar-refractivity contribution in [3.05, 3.63) is 108 Å². The maximum Gasteiger partial charge on any atom is 2.00 e. The van der Waals surface area contributed by atoms with E-state index in [0.29, 0.717) is 5.69 Å². The van der Waals surface area contributed by atoms with Crippen molar-refractivity contribution in [3.8, 4) is 17.1 Å². The summed E-state index contributed by atoms with van der Waals surface area (Å²) in [7, 11) is 0. The maximum atomic E-state index is 12.8. The van der Waals surface area contributed by atoms with Crippen LogP contribution in [0.15, 0.2) is 91.3 Å². The van der Waals surface area contributed by atoms with Gasteiger partial charge in [0.2, 0.25) is 0 Å². The summed E-state index contributed by atoms with van der Waals surface area (Å²) < 4.78 is 0. The average molecular weight is 558 g/mol. The van der Waals surface area contributed by atoms with E-state index in [2.05, 4.69) is 56.8 Å². The van der Waals surface area contributed by atoms with E-state index in [1.807, 2.05) is 78.9 Å². The molecular weight excluding hydrogens is 525 g/mol. The largest absolute Gasteiger partial charge is 2.00 e. The third kappa shape index (κ3) is 8.03. The van der Waals surface area contributed by atoms with Gasteiger partial charge in [-0.15, -0.1) is 17.1 Å². The summed E-state index contributed by atoms with van der Waals surface area (Å²) in [6.45, 7) is 12.7. The molecule has 0 aliphatic carbocycles. The average Bonchev–Trinajstić information content (AvgIpc) is 2.81. The monoisotopic (exact) mass is 557 g/mol. The Kier molecular flexibility index (Phi) is 9.77. The van der Waals surface area contributed by atoms with Gasteiger partial charge in [0.1, 0.15) is 0 Å². The van der Waals surface area contributed by atoms with E-state index in [1.165, 1.54) is 0 Å². The van der Waals surface area contributed by atoms with Crippen LogP contribution in [0.5, 0.6) is 5.75 Å². The molecule has 35 heavy (non-hydrogen) atoms. The first-order chi connectivity index (χ1) is 16.1. The molecule has 2 aromatic carbocycles. The summed E-state index contributed by atoms with van der Waals surface area (Å²) >= 11 is 0. The number of benzene rings is 2. The van der Waals surface area contributed by atoms with E-state index in [-0.39, 0.29) is 37.0 Å². The second-order valence-electron chi connectivity index (χ2n) is 10.2. The summed E-state index contributed by atoms with van der Waals surface area (Å²) in [5, 5.41) is 17.4. The molecule has 2 aromatic heterocycles. The molecule has 0 unspecified atom stereocenters. The number of hydrogen-bond acceptors (Lipinski definition) is 3. The zero-order valence-corrected chi connectivity index (χ0v) is 22.8. The first-order valence-corrected chi connectivity index (χ1v) is 11.5. The molecule has 5 heteroatoms. The Balaban J connectivity index is 0.000000280. The number of aromatic nitrogens is 2. The van der Waals surface area contributed by atoms with E-state index in [1.54, 1.807) is 12.4 Å². The van der Waals surface area contributed by atoms with Gasteiger partial charge in [-0.2, -0.15) is 0 Å². The summed E-state index contributed by atoms with van der Waals surface area (Å²) in [5.41, 5.74) is 4.93. The van der Waals surface area contributed by atoms with Crippen LogP contribution < -0.4 is 5.11 Å². The molecule has 4 rings (SSSR count). The minimum atomic E-state index is -0.195. The van der Waals surface area contributed by atoms with Crippen molar-refractivity contribution in [2.45, 2.75) is 52.4 Å². The van der Waals surface area contributed by atoms with E-state index >= 15 is 0 Å². The molecule has 0 fully saturated rings. The molecule has 0 aliphatic rings. The molecule has 2 heterocycles. The summed E-state index contributed by atoms with van der Waals surface area (Å²) in [4.78, 5) is 8.37. The van der Waals surface area contributed by atoms with Crippen LogP contribution in [-0.4, -0.2) is 9.97 Å². The first kappa shape index (κ1) is 28.2. The molecule has 4 nitrogen and oxygen atoms in total. The molecule has 0 spiro atoms. The Morgan fingerprint density at radius 2 is 1.17 bits per heavy atom. The van der Waals surface area contributed by atoms with Crippen molar-refractivity contribution in [1.82, 2.24) is 9.97 Å². The fourth-order valence-corrected chi connectivity index (χ4v) is 3.36. The maximum absolute atomic E-state index is 12.8. The number of pyridine rings is 2. The molecule has 0 aliphatic heterocycles. The van der Waals surface area contributed by atoms with E-state index in [0.717, 1.165) is 28.2 Å². The quantitative estimate of drug-likeness (QED) is 0.241. The third-order valence-corrected chi connectivity index (χ3v) is 5.34. The van der Waals surface area contributed by atoms with Gasteiger partial charge in [-0.3, -0.25) is 9.97 Å². The molecular formula is C30H33N3OPd. The van der Waals surface area contributed by atoms with Crippen molar-refractivity contribution in [3.63, 3.8) is 0 Å². The van der Waals surface area contributed by atoms with Gasteiger partial charge in [-0.1, -0.05) is 102 Å². The normalized spacial score (nSPS) is 11.0. The standard InChI is InChI=1S/C20H26NO.C10H8N2.Pd/c1-19(2,3)14-12-16(20(4,5)6)18(22)17(13-14)21-15-10-8-7-9-11-15;1-3-7-11-9(5-1)10-6-2-4-8-12-10;/h7-13,22H,1-6H3;1-8H;/q-1;;+2/p-1. The second-order valence-corrected chi connectivity index (χ2v) is 10.2. The van der Waals surface area contributed by atoms with Gasteiger partial charge >= 0.3 is 20.4 Å². The van der Waals surface area contributed by atoms with E-state index < -0.39 is 0 Å². The van der Waals surface area contributed by atoms with Crippen LogP contribution in [0.25, 0.3) is 16.7 Å². The van der Waals surface area contributed by atoms with Crippen LogP contribution >= 0.6 is 0 Å². The predicted molar refractivity (Wildman–Crippen MR) is 140 cm³/mol. The van der Waals surface area contributed by atoms with Crippen LogP contribution in [0.4, 0.5) is 11.4 Å². The molecule has 0 saturated heterocycles. The first-order valence-electron chi connectivity index (χ1n) is 11.5. The topological polar surface area (TPSA) is 62.9 Å². The Hall–Kier alpha value is -3.00. The van der Waals surface area contributed by atoms with Gasteiger partial charge in [0.05, 0.1) is 11.4 Å². The number of rotatable bonds is 3. The van der Waals surface area contributed by atoms with Gasteiger partial charge in [-0.25, -0.2) is 0 Å². The van der Waals surface area contributed by atoms with Crippen molar-refractivity contribution in [1.29, 1.82) is 0 Å². The second kappa shape index (κ2) is 12.1. The molecule has 184 valence electrons. The summed E-state index contributed by atoms with van der Waals surface area (Å²) in [6.07, 6.45) is 3.54.